The third kappa shape index (κ3) is 3.87. The number of hydrogen-bond acceptors (Lipinski definition) is 3. The van der Waals surface area contributed by atoms with Crippen LogP contribution in [0.4, 0.5) is 5.69 Å². The van der Waals surface area contributed by atoms with Crippen LogP contribution in [0.5, 0.6) is 5.75 Å². The number of benzene rings is 2. The first-order chi connectivity index (χ1) is 13.4. The number of carbonyl (C=O) groups is 1. The second-order valence-corrected chi connectivity index (χ2v) is 8.23. The summed E-state index contributed by atoms with van der Waals surface area (Å²) >= 11 is 0. The summed E-state index contributed by atoms with van der Waals surface area (Å²) in [4.78, 5) is 15.4. The number of nitrogens with zero attached hydrogens (tertiary/aromatic N) is 1. The fourth-order valence-corrected chi connectivity index (χ4v) is 3.77. The molecule has 2 aromatic carbocycles. The van der Waals surface area contributed by atoms with Crippen LogP contribution in [0.15, 0.2) is 48.5 Å². The van der Waals surface area contributed by atoms with E-state index in [1.54, 1.807) is 0 Å². The summed E-state index contributed by atoms with van der Waals surface area (Å²) in [7, 11) is 0. The maximum Gasteiger partial charge on any atom is 0.258 e. The molecular formula is C24H32N2O2. The second kappa shape index (κ2) is 8.26. The largest absolute Gasteiger partial charge is 0.494 e. The molecule has 1 N–H and O–H groups in total. The molecule has 150 valence electrons. The molecular weight excluding hydrogens is 348 g/mol. The molecule has 0 aliphatic carbocycles. The molecule has 0 saturated heterocycles. The van der Waals surface area contributed by atoms with Crippen molar-refractivity contribution in [2.24, 2.45) is 5.92 Å². The molecule has 0 fully saturated rings. The van der Waals surface area contributed by atoms with Crippen molar-refractivity contribution < 1.29 is 9.53 Å². The number of amides is 1. The highest BCUT2D eigenvalue weighted by atomic mass is 16.5. The van der Waals surface area contributed by atoms with Crippen LogP contribution >= 0.6 is 0 Å². The molecule has 28 heavy (non-hydrogen) atoms. The Morgan fingerprint density at radius 1 is 1.11 bits per heavy atom. The Labute approximate surface area is 168 Å². The van der Waals surface area contributed by atoms with Gasteiger partial charge in [0.25, 0.3) is 5.91 Å². The smallest absolute Gasteiger partial charge is 0.258 e. The van der Waals surface area contributed by atoms with Crippen molar-refractivity contribution in [2.45, 2.75) is 59.2 Å². The van der Waals surface area contributed by atoms with Gasteiger partial charge in [-0.25, -0.2) is 0 Å². The Bertz CT molecular complexity index is 833. The lowest BCUT2D eigenvalue weighted by Crippen LogP contribution is -2.58. The van der Waals surface area contributed by atoms with Gasteiger partial charge in [0.05, 0.1) is 12.2 Å². The van der Waals surface area contributed by atoms with E-state index in [4.69, 9.17) is 4.74 Å². The minimum absolute atomic E-state index is 0.0670. The van der Waals surface area contributed by atoms with Gasteiger partial charge in [0.1, 0.15) is 11.4 Å². The van der Waals surface area contributed by atoms with Gasteiger partial charge in [0, 0.05) is 17.3 Å². The summed E-state index contributed by atoms with van der Waals surface area (Å²) in [6, 6.07) is 16.0. The van der Waals surface area contributed by atoms with Gasteiger partial charge < -0.3 is 15.0 Å². The molecule has 2 unspecified atom stereocenters. The fourth-order valence-electron chi connectivity index (χ4n) is 3.77. The summed E-state index contributed by atoms with van der Waals surface area (Å²) in [5, 5.41) is 3.64. The predicted octanol–water partition coefficient (Wildman–Crippen LogP) is 5.65. The highest BCUT2D eigenvalue weighted by molar-refractivity contribution is 6.02. The average Bonchev–Trinajstić information content (AvgIpc) is 2.67. The zero-order valence-corrected chi connectivity index (χ0v) is 17.7. The summed E-state index contributed by atoms with van der Waals surface area (Å²) in [6.07, 6.45) is 1.90. The van der Waals surface area contributed by atoms with Crippen molar-refractivity contribution in [2.75, 3.05) is 11.9 Å². The first-order valence-corrected chi connectivity index (χ1v) is 10.3. The lowest BCUT2D eigenvalue weighted by Gasteiger charge is -2.49. The molecule has 0 aromatic heterocycles. The zero-order valence-electron chi connectivity index (χ0n) is 17.7. The quantitative estimate of drug-likeness (QED) is 0.675. The van der Waals surface area contributed by atoms with Gasteiger partial charge in [-0.15, -0.1) is 0 Å². The summed E-state index contributed by atoms with van der Waals surface area (Å²) in [6.45, 7) is 11.4. The molecule has 2 atom stereocenters. The highest BCUT2D eigenvalue weighted by Gasteiger charge is 2.44. The number of carbonyl (C=O) groups excluding carboxylic acids is 1. The first-order valence-electron chi connectivity index (χ1n) is 10.3. The van der Waals surface area contributed by atoms with Crippen LogP contribution in [0, 0.1) is 5.92 Å². The van der Waals surface area contributed by atoms with Crippen LogP contribution < -0.4 is 10.1 Å². The van der Waals surface area contributed by atoms with Gasteiger partial charge >= 0.3 is 0 Å². The van der Waals surface area contributed by atoms with Crippen LogP contribution in [0.25, 0.3) is 0 Å². The normalized spacial score (nSPS) is 19.9. The van der Waals surface area contributed by atoms with Gasteiger partial charge in [-0.2, -0.15) is 0 Å². The van der Waals surface area contributed by atoms with Gasteiger partial charge in [-0.1, -0.05) is 45.0 Å². The topological polar surface area (TPSA) is 41.6 Å². The molecule has 0 radical (unpaired) electrons. The molecule has 2 aromatic rings. The number of hydrogen-bond donors (Lipinski definition) is 1. The molecule has 1 aliphatic rings. The molecule has 0 bridgehead atoms. The van der Waals surface area contributed by atoms with Crippen LogP contribution in [-0.2, 0) is 5.66 Å². The monoisotopic (exact) mass is 380 g/mol. The minimum Gasteiger partial charge on any atom is -0.494 e. The Morgan fingerprint density at radius 3 is 2.57 bits per heavy atom. The second-order valence-electron chi connectivity index (χ2n) is 8.23. The Morgan fingerprint density at radius 2 is 1.86 bits per heavy atom. The van der Waals surface area contributed by atoms with Crippen molar-refractivity contribution in [1.29, 1.82) is 0 Å². The van der Waals surface area contributed by atoms with E-state index >= 15 is 0 Å². The van der Waals surface area contributed by atoms with Gasteiger partial charge in [0.2, 0.25) is 0 Å². The molecule has 4 heteroatoms. The van der Waals surface area contributed by atoms with Gasteiger partial charge in [0.15, 0.2) is 0 Å². The maximum atomic E-state index is 13.4. The standard InChI is InChI=1S/C24H32N2O2/c1-6-18(4)26-23(27)21-12-7-8-13-22(21)25-24(26,5)19-10-9-11-20(16-19)28-15-14-17(2)3/h7-13,16-18,25H,6,14-15H2,1-5H3. The lowest BCUT2D eigenvalue weighted by molar-refractivity contribution is 0.0399. The number of fused-ring (bicyclic) bond motifs is 1. The number of ether oxygens (including phenoxy) is 1. The van der Waals surface area contributed by atoms with Crippen molar-refractivity contribution in [1.82, 2.24) is 4.90 Å². The molecule has 1 amide bonds. The summed E-state index contributed by atoms with van der Waals surface area (Å²) < 4.78 is 5.98. The molecule has 0 saturated carbocycles. The number of anilines is 1. The van der Waals surface area contributed by atoms with Crippen molar-refractivity contribution in [3.8, 4) is 5.75 Å². The third-order valence-electron chi connectivity index (χ3n) is 5.63. The van der Waals surface area contributed by atoms with Crippen LogP contribution in [0.2, 0.25) is 0 Å². The zero-order chi connectivity index (χ0) is 20.3. The van der Waals surface area contributed by atoms with Crippen LogP contribution in [0.1, 0.15) is 63.4 Å². The van der Waals surface area contributed by atoms with E-state index in [0.29, 0.717) is 12.5 Å². The molecule has 3 rings (SSSR count). The van der Waals surface area contributed by atoms with Gasteiger partial charge in [-0.05, 0) is 56.9 Å². The number of nitrogens with one attached hydrogen (secondary N) is 1. The predicted molar refractivity (Wildman–Crippen MR) is 115 cm³/mol. The van der Waals surface area contributed by atoms with E-state index in [-0.39, 0.29) is 11.9 Å². The number of rotatable bonds is 7. The van der Waals surface area contributed by atoms with E-state index < -0.39 is 5.66 Å². The molecule has 1 heterocycles. The molecule has 0 spiro atoms. The molecule has 4 nitrogen and oxygen atoms in total. The Kier molecular flexibility index (Phi) is 5.97. The van der Waals surface area contributed by atoms with E-state index in [0.717, 1.165) is 35.4 Å². The van der Waals surface area contributed by atoms with Crippen LogP contribution in [0.3, 0.4) is 0 Å². The lowest BCUT2D eigenvalue weighted by atomic mass is 9.91. The van der Waals surface area contributed by atoms with Crippen LogP contribution in [-0.4, -0.2) is 23.5 Å². The Hall–Kier alpha value is -2.49. The van der Waals surface area contributed by atoms with Crippen molar-refractivity contribution in [3.63, 3.8) is 0 Å². The number of para-hydroxylation sites is 1. The fraction of sp³-hybridized carbons (Fsp3) is 0.458. The third-order valence-corrected chi connectivity index (χ3v) is 5.63. The van der Waals surface area contributed by atoms with Gasteiger partial charge in [-0.3, -0.25) is 4.79 Å². The minimum atomic E-state index is -0.641. The van der Waals surface area contributed by atoms with Crippen molar-refractivity contribution >= 4 is 11.6 Å². The summed E-state index contributed by atoms with van der Waals surface area (Å²) in [5.41, 5.74) is 1.99. The van der Waals surface area contributed by atoms with E-state index in [9.17, 15) is 4.79 Å². The average molecular weight is 381 g/mol. The first kappa shape index (κ1) is 20.2. The SMILES string of the molecule is CCC(C)N1C(=O)c2ccccc2NC1(C)c1cccc(OCCC(C)C)c1. The molecule has 1 aliphatic heterocycles. The van der Waals surface area contributed by atoms with E-state index in [2.05, 4.69) is 52.1 Å². The van der Waals surface area contributed by atoms with Crippen molar-refractivity contribution in [3.05, 3.63) is 59.7 Å². The van der Waals surface area contributed by atoms with E-state index in [1.807, 2.05) is 41.3 Å². The highest BCUT2D eigenvalue weighted by Crippen LogP contribution is 2.40. The maximum absolute atomic E-state index is 13.4. The summed E-state index contributed by atoms with van der Waals surface area (Å²) in [5.74, 6) is 1.52. The van der Waals surface area contributed by atoms with E-state index in [1.165, 1.54) is 0 Å². The Balaban J connectivity index is 1.99.